The van der Waals surface area contributed by atoms with Crippen molar-refractivity contribution >= 4 is 34.4 Å². The Kier molecular flexibility index (Phi) is 5.94. The van der Waals surface area contributed by atoms with E-state index in [0.29, 0.717) is 23.9 Å². The molecule has 1 saturated heterocycles. The second-order valence-corrected chi connectivity index (χ2v) is 8.96. The van der Waals surface area contributed by atoms with Crippen LogP contribution in [0.3, 0.4) is 0 Å². The minimum Gasteiger partial charge on any atom is -0.382 e. The number of amides is 1. The summed E-state index contributed by atoms with van der Waals surface area (Å²) in [5.74, 6) is 0.679. The number of piperidine rings is 1. The zero-order valence-corrected chi connectivity index (χ0v) is 19.3. The van der Waals surface area contributed by atoms with Gasteiger partial charge in [0.2, 0.25) is 11.9 Å². The van der Waals surface area contributed by atoms with Crippen LogP contribution in [0, 0.1) is 11.7 Å². The number of benzene rings is 2. The molecular weight excluding hydrogens is 447 g/mol. The maximum absolute atomic E-state index is 13.4. The number of hydrogen-bond donors (Lipinski definition) is 4. The first-order chi connectivity index (χ1) is 16.9. The van der Waals surface area contributed by atoms with E-state index in [1.807, 2.05) is 24.3 Å². The Balaban J connectivity index is 1.35. The highest BCUT2D eigenvalue weighted by atomic mass is 19.1. The van der Waals surface area contributed by atoms with Gasteiger partial charge in [0.15, 0.2) is 5.82 Å². The SMILES string of the molecule is C[C@@H]1CC[C@H](C(=O)NCc2cccc(F)c2)CN1c1cc(-c2ccc3c(N)n[nH]c3c2)nc(N)n1. The molecule has 35 heavy (non-hydrogen) atoms. The number of nitrogen functional groups attached to an aromatic ring is 2. The Bertz CT molecular complexity index is 1390. The Hall–Kier alpha value is -4.21. The highest BCUT2D eigenvalue weighted by Crippen LogP contribution is 2.31. The minimum absolute atomic E-state index is 0.0595. The van der Waals surface area contributed by atoms with Crippen molar-refractivity contribution in [3.8, 4) is 11.3 Å². The topological polar surface area (TPSA) is 139 Å². The van der Waals surface area contributed by atoms with Crippen LogP contribution in [0.25, 0.3) is 22.2 Å². The van der Waals surface area contributed by atoms with Crippen molar-refractivity contribution in [2.45, 2.75) is 32.4 Å². The molecule has 0 saturated carbocycles. The zero-order chi connectivity index (χ0) is 24.5. The van der Waals surface area contributed by atoms with Gasteiger partial charge in [-0.15, -0.1) is 0 Å². The number of H-pyrrole nitrogens is 1. The average molecular weight is 475 g/mol. The maximum Gasteiger partial charge on any atom is 0.225 e. The van der Waals surface area contributed by atoms with Crippen molar-refractivity contribution in [2.24, 2.45) is 5.92 Å². The second-order valence-electron chi connectivity index (χ2n) is 8.96. The fourth-order valence-electron chi connectivity index (χ4n) is 4.57. The molecule has 1 amide bonds. The summed E-state index contributed by atoms with van der Waals surface area (Å²) in [6.07, 6.45) is 1.59. The van der Waals surface area contributed by atoms with Crippen molar-refractivity contribution in [2.75, 3.05) is 22.9 Å². The molecule has 2 atom stereocenters. The number of rotatable bonds is 5. The van der Waals surface area contributed by atoms with Gasteiger partial charge in [0.05, 0.1) is 17.1 Å². The Morgan fingerprint density at radius 3 is 2.86 bits per heavy atom. The van der Waals surface area contributed by atoms with Gasteiger partial charge in [-0.3, -0.25) is 9.89 Å². The summed E-state index contributed by atoms with van der Waals surface area (Å²) in [4.78, 5) is 23.9. The summed E-state index contributed by atoms with van der Waals surface area (Å²) in [7, 11) is 0. The molecule has 0 radical (unpaired) electrons. The summed E-state index contributed by atoms with van der Waals surface area (Å²) in [5.41, 5.74) is 15.0. The Morgan fingerprint density at radius 1 is 1.17 bits per heavy atom. The van der Waals surface area contributed by atoms with E-state index < -0.39 is 0 Å². The first-order valence-electron chi connectivity index (χ1n) is 11.5. The second kappa shape index (κ2) is 9.21. The molecule has 0 spiro atoms. The molecule has 0 unspecified atom stereocenters. The van der Waals surface area contributed by atoms with Gasteiger partial charge < -0.3 is 21.7 Å². The molecule has 180 valence electrons. The minimum atomic E-state index is -0.318. The number of halogens is 1. The van der Waals surface area contributed by atoms with Crippen molar-refractivity contribution in [1.29, 1.82) is 0 Å². The number of aromatic nitrogens is 4. The van der Waals surface area contributed by atoms with Crippen LogP contribution in [0.1, 0.15) is 25.3 Å². The largest absolute Gasteiger partial charge is 0.382 e. The standard InChI is InChI=1S/C25H27FN8O/c1-14-5-6-17(24(35)29-12-15-3-2-4-18(26)9-15)13-34(14)22-11-20(30-25(28)31-22)16-7-8-19-21(10-16)32-33-23(19)27/h2-4,7-11,14,17H,5-6,12-13H2,1H3,(H,29,35)(H3,27,32,33)(H2,28,30,31)/t14-,17+/m1/s1. The van der Waals surface area contributed by atoms with Crippen molar-refractivity contribution in [1.82, 2.24) is 25.5 Å². The van der Waals surface area contributed by atoms with Crippen LogP contribution >= 0.6 is 0 Å². The van der Waals surface area contributed by atoms with Gasteiger partial charge in [0.1, 0.15) is 11.6 Å². The number of anilines is 3. The molecular formula is C25H27FN8O. The number of fused-ring (bicyclic) bond motifs is 1. The molecule has 1 aliphatic rings. The first-order valence-corrected chi connectivity index (χ1v) is 11.5. The number of carbonyl (C=O) groups excluding carboxylic acids is 1. The van der Waals surface area contributed by atoms with E-state index in [2.05, 4.69) is 37.3 Å². The number of hydrogen-bond acceptors (Lipinski definition) is 7. The first kappa shape index (κ1) is 22.6. The normalized spacial score (nSPS) is 18.1. The summed E-state index contributed by atoms with van der Waals surface area (Å²) >= 11 is 0. The molecule has 2 aromatic heterocycles. The monoisotopic (exact) mass is 474 g/mol. The molecule has 9 nitrogen and oxygen atoms in total. The van der Waals surface area contributed by atoms with Crippen LogP contribution < -0.4 is 21.7 Å². The fourth-order valence-corrected chi connectivity index (χ4v) is 4.57. The molecule has 10 heteroatoms. The molecule has 1 aliphatic heterocycles. The molecule has 2 aromatic carbocycles. The molecule has 6 N–H and O–H groups in total. The van der Waals surface area contributed by atoms with Crippen LogP contribution in [0.5, 0.6) is 0 Å². The average Bonchev–Trinajstić information content (AvgIpc) is 3.22. The zero-order valence-electron chi connectivity index (χ0n) is 19.3. The molecule has 0 bridgehead atoms. The molecule has 1 fully saturated rings. The number of nitrogens with one attached hydrogen (secondary N) is 2. The van der Waals surface area contributed by atoms with Crippen LogP contribution in [0.2, 0.25) is 0 Å². The molecule has 4 aromatic rings. The van der Waals surface area contributed by atoms with Crippen molar-refractivity contribution < 1.29 is 9.18 Å². The van der Waals surface area contributed by atoms with Crippen LogP contribution in [0.15, 0.2) is 48.5 Å². The van der Waals surface area contributed by atoms with Gasteiger partial charge in [-0.2, -0.15) is 10.1 Å². The van der Waals surface area contributed by atoms with E-state index in [1.54, 1.807) is 12.1 Å². The molecule has 0 aliphatic carbocycles. The highest BCUT2D eigenvalue weighted by Gasteiger charge is 2.31. The lowest BCUT2D eigenvalue weighted by atomic mass is 9.92. The van der Waals surface area contributed by atoms with E-state index in [1.165, 1.54) is 12.1 Å². The lowest BCUT2D eigenvalue weighted by Crippen LogP contribution is -2.47. The van der Waals surface area contributed by atoms with Gasteiger partial charge in [-0.1, -0.05) is 18.2 Å². The highest BCUT2D eigenvalue weighted by molar-refractivity contribution is 5.91. The van der Waals surface area contributed by atoms with E-state index in [9.17, 15) is 9.18 Å². The molecule has 5 rings (SSSR count). The Morgan fingerprint density at radius 2 is 2.03 bits per heavy atom. The van der Waals surface area contributed by atoms with E-state index >= 15 is 0 Å². The predicted octanol–water partition coefficient (Wildman–Crippen LogP) is 3.24. The smallest absolute Gasteiger partial charge is 0.225 e. The predicted molar refractivity (Wildman–Crippen MR) is 134 cm³/mol. The third-order valence-corrected chi connectivity index (χ3v) is 6.52. The summed E-state index contributed by atoms with van der Waals surface area (Å²) in [5, 5.41) is 10.7. The third kappa shape index (κ3) is 4.72. The van der Waals surface area contributed by atoms with Crippen LogP contribution in [-0.2, 0) is 11.3 Å². The lowest BCUT2D eigenvalue weighted by Gasteiger charge is -2.38. The van der Waals surface area contributed by atoms with Crippen molar-refractivity contribution in [3.63, 3.8) is 0 Å². The summed E-state index contributed by atoms with van der Waals surface area (Å²) < 4.78 is 13.4. The van der Waals surface area contributed by atoms with Gasteiger partial charge in [-0.05, 0) is 49.6 Å². The van der Waals surface area contributed by atoms with Crippen molar-refractivity contribution in [3.05, 3.63) is 59.9 Å². The molecule has 3 heterocycles. The summed E-state index contributed by atoms with van der Waals surface area (Å²) in [6, 6.07) is 14.0. The van der Waals surface area contributed by atoms with Crippen LogP contribution in [0.4, 0.5) is 22.0 Å². The Labute approximate surface area is 201 Å². The quantitative estimate of drug-likeness (QED) is 0.348. The fraction of sp³-hybridized carbons (Fsp3) is 0.280. The third-order valence-electron chi connectivity index (χ3n) is 6.52. The van der Waals surface area contributed by atoms with Gasteiger partial charge in [0.25, 0.3) is 0 Å². The van der Waals surface area contributed by atoms with E-state index in [0.717, 1.165) is 34.9 Å². The number of nitrogens with zero attached hydrogens (tertiary/aromatic N) is 4. The lowest BCUT2D eigenvalue weighted by molar-refractivity contribution is -0.125. The van der Waals surface area contributed by atoms with E-state index in [-0.39, 0.29) is 36.2 Å². The number of nitrogens with two attached hydrogens (primary N) is 2. The van der Waals surface area contributed by atoms with Crippen LogP contribution in [-0.4, -0.2) is 38.7 Å². The van der Waals surface area contributed by atoms with Gasteiger partial charge >= 0.3 is 0 Å². The summed E-state index contributed by atoms with van der Waals surface area (Å²) in [6.45, 7) is 2.90. The number of aromatic amines is 1. The van der Waals surface area contributed by atoms with E-state index in [4.69, 9.17) is 11.5 Å². The van der Waals surface area contributed by atoms with Gasteiger partial charge in [0, 0.05) is 36.1 Å². The number of carbonyl (C=O) groups is 1. The maximum atomic E-state index is 13.4. The van der Waals surface area contributed by atoms with Gasteiger partial charge in [-0.25, -0.2) is 9.37 Å².